The first-order chi connectivity index (χ1) is 20.1. The third kappa shape index (κ3) is 10.4. The maximum Gasteiger partial charge on any atom is 0.573 e. The van der Waals surface area contributed by atoms with Crippen molar-refractivity contribution in [2.24, 2.45) is 0 Å². The van der Waals surface area contributed by atoms with E-state index in [0.717, 1.165) is 25.1 Å². The van der Waals surface area contributed by atoms with Crippen LogP contribution in [0.3, 0.4) is 0 Å². The number of carboxylic acid groups (broad SMARTS) is 1. The van der Waals surface area contributed by atoms with Gasteiger partial charge in [0.05, 0.1) is 24.4 Å². The number of nitrogens with zero attached hydrogens (tertiary/aromatic N) is 2. The van der Waals surface area contributed by atoms with Crippen molar-refractivity contribution in [2.75, 3.05) is 6.54 Å². The number of carbonyl (C=O) groups excluding carboxylic acids is 1. The van der Waals surface area contributed by atoms with Crippen molar-refractivity contribution in [3.05, 3.63) is 102 Å². The van der Waals surface area contributed by atoms with Gasteiger partial charge in [0.25, 0.3) is 5.91 Å². The average Bonchev–Trinajstić information content (AvgIpc) is 3.30. The predicted octanol–water partition coefficient (Wildman–Crippen LogP) is 6.71. The zero-order valence-electron chi connectivity index (χ0n) is 22.5. The van der Waals surface area contributed by atoms with Gasteiger partial charge in [-0.25, -0.2) is 0 Å². The number of benzene rings is 2. The number of rotatable bonds is 12. The summed E-state index contributed by atoms with van der Waals surface area (Å²) in [5.41, 5.74) is 2.30. The van der Waals surface area contributed by atoms with Gasteiger partial charge in [-0.2, -0.15) is 5.10 Å². The van der Waals surface area contributed by atoms with Crippen LogP contribution in [0.15, 0.2) is 85.2 Å². The number of hydrogen-bond donors (Lipinski definition) is 2. The summed E-state index contributed by atoms with van der Waals surface area (Å²) in [6.07, 6.45) is -6.26. The molecule has 0 aliphatic heterocycles. The highest BCUT2D eigenvalue weighted by Crippen LogP contribution is 2.29. The number of alkyl halides is 6. The molecule has 1 aromatic heterocycles. The van der Waals surface area contributed by atoms with E-state index < -0.39 is 36.1 Å². The minimum absolute atomic E-state index is 0.0717. The lowest BCUT2D eigenvalue weighted by molar-refractivity contribution is -0.305. The van der Waals surface area contributed by atoms with E-state index >= 15 is 0 Å². The van der Waals surface area contributed by atoms with Gasteiger partial charge < -0.3 is 19.9 Å². The topological polar surface area (TPSA) is 103 Å². The molecule has 14 heteroatoms. The summed E-state index contributed by atoms with van der Waals surface area (Å²) in [6, 6.07) is 13.0. The Kier molecular flexibility index (Phi) is 10.4. The highest BCUT2D eigenvalue weighted by molar-refractivity contribution is 5.94. The highest BCUT2D eigenvalue weighted by Gasteiger charge is 2.31. The quantitative estimate of drug-likeness (QED) is 0.134. The highest BCUT2D eigenvalue weighted by atomic mass is 19.4. The van der Waals surface area contributed by atoms with Crippen molar-refractivity contribution in [1.82, 2.24) is 15.1 Å². The van der Waals surface area contributed by atoms with Crippen LogP contribution in [0.25, 0.3) is 16.8 Å². The molecule has 0 radical (unpaired) electrons. The van der Waals surface area contributed by atoms with Gasteiger partial charge in [-0.3, -0.25) is 14.3 Å². The van der Waals surface area contributed by atoms with Crippen LogP contribution in [-0.2, 0) is 16.1 Å². The summed E-state index contributed by atoms with van der Waals surface area (Å²) in [6.45, 7) is 4.80. The van der Waals surface area contributed by atoms with Crippen LogP contribution in [0.4, 0.5) is 26.3 Å². The minimum atomic E-state index is -4.88. The van der Waals surface area contributed by atoms with Crippen LogP contribution in [0, 0.1) is 0 Å². The number of carbonyl (C=O) groups is 2. The summed E-state index contributed by atoms with van der Waals surface area (Å²) < 4.78 is 84.8. The monoisotopic (exact) mass is 609 g/mol. The Hall–Kier alpha value is -5.01. The normalized spacial score (nSPS) is 12.5. The predicted molar refractivity (Wildman–Crippen MR) is 144 cm³/mol. The number of allylic oxidation sites excluding steroid dienone is 5. The molecule has 1 amide bonds. The van der Waals surface area contributed by atoms with Gasteiger partial charge >= 0.3 is 18.7 Å². The van der Waals surface area contributed by atoms with Crippen molar-refractivity contribution >= 4 is 17.4 Å². The number of aromatic nitrogens is 2. The van der Waals surface area contributed by atoms with Crippen LogP contribution >= 0.6 is 0 Å². The molecule has 1 heterocycles. The number of nitrogens with one attached hydrogen (secondary N) is 1. The molecule has 0 fully saturated rings. The second-order valence-corrected chi connectivity index (χ2v) is 8.90. The first kappa shape index (κ1) is 32.5. The smallest absolute Gasteiger partial charge is 0.481 e. The molecular weight excluding hydrogens is 584 g/mol. The van der Waals surface area contributed by atoms with Crippen molar-refractivity contribution in [2.45, 2.75) is 32.6 Å². The zero-order chi connectivity index (χ0) is 31.8. The lowest BCUT2D eigenvalue weighted by Crippen LogP contribution is -2.26. The molecule has 0 saturated carbocycles. The van der Waals surface area contributed by atoms with Crippen molar-refractivity contribution in [3.8, 4) is 17.0 Å². The lowest BCUT2D eigenvalue weighted by Gasteiger charge is -2.11. The Morgan fingerprint density at radius 1 is 1.02 bits per heavy atom. The molecule has 0 spiro atoms. The van der Waals surface area contributed by atoms with Gasteiger partial charge in [-0.05, 0) is 67.1 Å². The fourth-order valence-electron chi connectivity index (χ4n) is 3.79. The van der Waals surface area contributed by atoms with Crippen molar-refractivity contribution in [1.29, 1.82) is 0 Å². The molecule has 43 heavy (non-hydrogen) atoms. The first-order valence-corrected chi connectivity index (χ1v) is 12.4. The van der Waals surface area contributed by atoms with E-state index in [0.29, 0.717) is 22.4 Å². The van der Waals surface area contributed by atoms with Gasteiger partial charge in [0.15, 0.2) is 0 Å². The molecule has 0 unspecified atom stereocenters. The molecule has 228 valence electrons. The van der Waals surface area contributed by atoms with Crippen molar-refractivity contribution < 1.29 is 50.5 Å². The number of carboxylic acids is 1. The Morgan fingerprint density at radius 2 is 1.72 bits per heavy atom. The Bertz CT molecular complexity index is 1520. The van der Waals surface area contributed by atoms with E-state index in [1.54, 1.807) is 24.3 Å². The molecule has 0 saturated heterocycles. The van der Waals surface area contributed by atoms with Crippen LogP contribution in [0.1, 0.15) is 35.0 Å². The Morgan fingerprint density at radius 3 is 2.33 bits per heavy atom. The minimum Gasteiger partial charge on any atom is -0.481 e. The molecule has 8 nitrogen and oxygen atoms in total. The van der Waals surface area contributed by atoms with Crippen LogP contribution in [-0.4, -0.2) is 46.0 Å². The van der Waals surface area contributed by atoms with Gasteiger partial charge in [0.1, 0.15) is 11.5 Å². The van der Waals surface area contributed by atoms with Gasteiger partial charge in [-0.1, -0.05) is 24.8 Å². The fourth-order valence-corrected chi connectivity index (χ4v) is 3.79. The van der Waals surface area contributed by atoms with Gasteiger partial charge in [-0.15, -0.1) is 26.3 Å². The summed E-state index contributed by atoms with van der Waals surface area (Å²) in [7, 11) is 0. The van der Waals surface area contributed by atoms with E-state index in [9.17, 15) is 35.9 Å². The number of ether oxygens (including phenoxy) is 2. The van der Waals surface area contributed by atoms with E-state index in [2.05, 4.69) is 26.5 Å². The van der Waals surface area contributed by atoms with Gasteiger partial charge in [0, 0.05) is 23.2 Å². The number of aliphatic carboxylic acids is 1. The maximum absolute atomic E-state index is 12.6. The van der Waals surface area contributed by atoms with Crippen LogP contribution < -0.4 is 10.1 Å². The Labute approximate surface area is 241 Å². The maximum atomic E-state index is 12.6. The molecule has 0 aliphatic carbocycles. The third-order valence-corrected chi connectivity index (χ3v) is 5.60. The fraction of sp³-hybridized carbons (Fsp3) is 0.207. The molecule has 3 aromatic rings. The van der Waals surface area contributed by atoms with E-state index in [1.807, 2.05) is 0 Å². The summed E-state index contributed by atoms with van der Waals surface area (Å²) >= 11 is 0. The second-order valence-electron chi connectivity index (χ2n) is 8.90. The molecule has 2 N–H and O–H groups in total. The number of amides is 1. The second kappa shape index (κ2) is 13.8. The van der Waals surface area contributed by atoms with Crippen LogP contribution in [0.5, 0.6) is 5.75 Å². The first-order valence-electron chi connectivity index (χ1n) is 12.4. The van der Waals surface area contributed by atoms with E-state index in [4.69, 9.17) is 5.11 Å². The largest absolute Gasteiger partial charge is 0.573 e. The third-order valence-electron chi connectivity index (χ3n) is 5.60. The standard InChI is InChI=1S/C29H25F6N3O5/c1-3-20(8-7-18(2)42-28(30,31)32)24-16-25(21-9-11-23(12-10-21)43-29(33,34)35)38(37-24)17-19-5-4-6-22(15-19)27(41)36-14-13-26(39)40/h3-12,15-16H,1,13-14,17H2,2H3,(H,36,41)(H,39,40)/b18-7+,20-8+. The van der Waals surface area contributed by atoms with E-state index in [1.165, 1.54) is 35.0 Å². The molecule has 3 rings (SSSR count). The van der Waals surface area contributed by atoms with Gasteiger partial charge in [0.2, 0.25) is 0 Å². The molecule has 0 aliphatic rings. The zero-order valence-corrected chi connectivity index (χ0v) is 22.5. The van der Waals surface area contributed by atoms with Crippen LogP contribution in [0.2, 0.25) is 0 Å². The number of hydrogen-bond acceptors (Lipinski definition) is 5. The summed E-state index contributed by atoms with van der Waals surface area (Å²) in [5, 5.41) is 15.8. The SMILES string of the molecule is C=C/C(=C\C=C(/C)OC(F)(F)F)c1cc(-c2ccc(OC(F)(F)F)cc2)n(Cc2cccc(C(=O)NCCC(=O)O)c2)n1. The lowest BCUT2D eigenvalue weighted by atomic mass is 10.1. The average molecular weight is 610 g/mol. The molecule has 0 atom stereocenters. The molecule has 0 bridgehead atoms. The van der Waals surface area contributed by atoms with Crippen molar-refractivity contribution in [3.63, 3.8) is 0 Å². The van der Waals surface area contributed by atoms with E-state index in [-0.39, 0.29) is 30.8 Å². The Balaban J connectivity index is 1.99. The number of halogens is 6. The molecular formula is C29H25F6N3O5. The molecule has 2 aromatic carbocycles. The summed E-state index contributed by atoms with van der Waals surface area (Å²) in [4.78, 5) is 23.2. The summed E-state index contributed by atoms with van der Waals surface area (Å²) in [5.74, 6) is -2.45.